The molecule has 17 heavy (non-hydrogen) atoms. The second kappa shape index (κ2) is 5.73. The summed E-state index contributed by atoms with van der Waals surface area (Å²) in [5, 5.41) is 10.1. The second-order valence-corrected chi connectivity index (χ2v) is 4.00. The predicted molar refractivity (Wildman–Crippen MR) is 65.8 cm³/mol. The summed E-state index contributed by atoms with van der Waals surface area (Å²) in [5.41, 5.74) is 0.835. The lowest BCUT2D eigenvalue weighted by atomic mass is 10.1. The third-order valence-corrected chi connectivity index (χ3v) is 2.74. The Morgan fingerprint density at radius 1 is 1.35 bits per heavy atom. The van der Waals surface area contributed by atoms with Gasteiger partial charge in [0.15, 0.2) is 0 Å². The van der Waals surface area contributed by atoms with Crippen LogP contribution in [-0.2, 0) is 4.74 Å². The lowest BCUT2D eigenvalue weighted by Gasteiger charge is -2.20. The van der Waals surface area contributed by atoms with Gasteiger partial charge < -0.3 is 14.6 Å². The Morgan fingerprint density at radius 3 is 2.71 bits per heavy atom. The fraction of sp³-hybridized carbons (Fsp3) is 0.429. The lowest BCUT2D eigenvalue weighted by Crippen LogP contribution is -2.09. The number of ether oxygens (including phenoxy) is 2. The molecule has 1 aliphatic heterocycles. The highest BCUT2D eigenvalue weighted by Gasteiger charge is 2.16. The fourth-order valence-corrected chi connectivity index (χ4v) is 1.84. The van der Waals surface area contributed by atoms with Gasteiger partial charge in [-0.15, -0.1) is 0 Å². The van der Waals surface area contributed by atoms with Gasteiger partial charge in [-0.25, -0.2) is 0 Å². The molecule has 1 atom stereocenters. The first-order valence-corrected chi connectivity index (χ1v) is 6.05. The molecule has 0 radical (unpaired) electrons. The van der Waals surface area contributed by atoms with Crippen LogP contribution in [0.15, 0.2) is 36.1 Å². The van der Waals surface area contributed by atoms with E-state index in [-0.39, 0.29) is 0 Å². The molecule has 3 heteroatoms. The molecule has 0 bridgehead atoms. The van der Waals surface area contributed by atoms with E-state index < -0.39 is 6.10 Å². The van der Waals surface area contributed by atoms with Crippen molar-refractivity contribution in [1.82, 2.24) is 0 Å². The maximum absolute atomic E-state index is 10.1. The Labute approximate surface area is 102 Å². The molecule has 0 saturated carbocycles. The van der Waals surface area contributed by atoms with Crippen LogP contribution in [0.25, 0.3) is 0 Å². The first-order valence-electron chi connectivity index (χ1n) is 6.05. The molecule has 1 aromatic rings. The van der Waals surface area contributed by atoms with Crippen LogP contribution < -0.4 is 4.74 Å². The molecular weight excluding hydrogens is 216 g/mol. The molecule has 2 rings (SSSR count). The summed E-state index contributed by atoms with van der Waals surface area (Å²) in [6.45, 7) is 3.29. The van der Waals surface area contributed by atoms with Gasteiger partial charge in [0.1, 0.15) is 17.6 Å². The van der Waals surface area contributed by atoms with Gasteiger partial charge in [-0.1, -0.05) is 12.1 Å². The van der Waals surface area contributed by atoms with Crippen molar-refractivity contribution >= 4 is 0 Å². The third kappa shape index (κ3) is 3.01. The van der Waals surface area contributed by atoms with Crippen LogP contribution in [0.3, 0.4) is 0 Å². The molecule has 3 nitrogen and oxygen atoms in total. The van der Waals surface area contributed by atoms with E-state index in [1.807, 2.05) is 37.3 Å². The standard InChI is InChI=1S/C14H18O3/c1-2-16-12-8-6-11(7-9-12)14(15)13-5-3-4-10-17-13/h5-9,14-15H,2-4,10H2,1H3. The molecule has 1 aromatic carbocycles. The topological polar surface area (TPSA) is 38.7 Å². The van der Waals surface area contributed by atoms with Gasteiger partial charge in [0.2, 0.25) is 0 Å². The normalized spacial score (nSPS) is 16.9. The highest BCUT2D eigenvalue weighted by Crippen LogP contribution is 2.27. The molecule has 92 valence electrons. The molecular formula is C14H18O3. The van der Waals surface area contributed by atoms with E-state index in [2.05, 4.69) is 0 Å². The lowest BCUT2D eigenvalue weighted by molar-refractivity contribution is 0.0917. The van der Waals surface area contributed by atoms with E-state index in [1.165, 1.54) is 0 Å². The first kappa shape index (κ1) is 12.0. The largest absolute Gasteiger partial charge is 0.495 e. The zero-order valence-corrected chi connectivity index (χ0v) is 10.1. The summed E-state index contributed by atoms with van der Waals surface area (Å²) in [5.74, 6) is 1.49. The molecule has 0 fully saturated rings. The molecule has 0 spiro atoms. The Hall–Kier alpha value is -1.48. The number of benzene rings is 1. The van der Waals surface area contributed by atoms with Crippen LogP contribution in [0.4, 0.5) is 0 Å². The summed E-state index contributed by atoms with van der Waals surface area (Å²) >= 11 is 0. The number of allylic oxidation sites excluding steroid dienone is 1. The van der Waals surface area contributed by atoms with E-state index in [9.17, 15) is 5.11 Å². The van der Waals surface area contributed by atoms with Gasteiger partial charge in [-0.2, -0.15) is 0 Å². The van der Waals surface area contributed by atoms with Crippen molar-refractivity contribution in [3.05, 3.63) is 41.7 Å². The van der Waals surface area contributed by atoms with Crippen molar-refractivity contribution in [1.29, 1.82) is 0 Å². The van der Waals surface area contributed by atoms with Crippen molar-refractivity contribution < 1.29 is 14.6 Å². The van der Waals surface area contributed by atoms with E-state index >= 15 is 0 Å². The monoisotopic (exact) mass is 234 g/mol. The van der Waals surface area contributed by atoms with Crippen LogP contribution in [0.5, 0.6) is 5.75 Å². The number of aliphatic hydroxyl groups excluding tert-OH is 1. The summed E-state index contributed by atoms with van der Waals surface area (Å²) in [6.07, 6.45) is 3.30. The predicted octanol–water partition coefficient (Wildman–Crippen LogP) is 2.81. The van der Waals surface area contributed by atoms with E-state index in [0.29, 0.717) is 19.0 Å². The van der Waals surface area contributed by atoms with Gasteiger partial charge in [-0.05, 0) is 43.5 Å². The quantitative estimate of drug-likeness (QED) is 0.870. The molecule has 0 amide bonds. The van der Waals surface area contributed by atoms with Crippen LogP contribution in [0.2, 0.25) is 0 Å². The SMILES string of the molecule is CCOc1ccc(C(O)C2=CCCCO2)cc1. The van der Waals surface area contributed by atoms with E-state index in [0.717, 1.165) is 24.2 Å². The van der Waals surface area contributed by atoms with Gasteiger partial charge in [-0.3, -0.25) is 0 Å². The summed E-state index contributed by atoms with van der Waals surface area (Å²) in [6, 6.07) is 7.47. The Kier molecular flexibility index (Phi) is 4.04. The zero-order valence-electron chi connectivity index (χ0n) is 10.1. The smallest absolute Gasteiger partial charge is 0.136 e. The second-order valence-electron chi connectivity index (χ2n) is 4.00. The van der Waals surface area contributed by atoms with Crippen molar-refractivity contribution in [2.75, 3.05) is 13.2 Å². The Bertz CT molecular complexity index is 381. The van der Waals surface area contributed by atoms with Gasteiger partial charge in [0, 0.05) is 0 Å². The average Bonchev–Trinajstić information content (AvgIpc) is 2.40. The Morgan fingerprint density at radius 2 is 2.12 bits per heavy atom. The molecule has 0 aliphatic carbocycles. The van der Waals surface area contributed by atoms with Crippen molar-refractivity contribution in [3.8, 4) is 5.75 Å². The minimum atomic E-state index is -0.661. The molecule has 1 unspecified atom stereocenters. The number of hydrogen-bond donors (Lipinski definition) is 1. The van der Waals surface area contributed by atoms with Crippen molar-refractivity contribution in [2.24, 2.45) is 0 Å². The molecule has 1 aliphatic rings. The zero-order chi connectivity index (χ0) is 12.1. The highest BCUT2D eigenvalue weighted by atomic mass is 16.5. The highest BCUT2D eigenvalue weighted by molar-refractivity contribution is 5.31. The summed E-state index contributed by atoms with van der Waals surface area (Å²) < 4.78 is 10.8. The number of rotatable bonds is 4. The molecule has 1 heterocycles. The summed E-state index contributed by atoms with van der Waals surface area (Å²) in [4.78, 5) is 0. The summed E-state index contributed by atoms with van der Waals surface area (Å²) in [7, 11) is 0. The van der Waals surface area contributed by atoms with Gasteiger partial charge in [0.25, 0.3) is 0 Å². The molecule has 0 saturated heterocycles. The number of aliphatic hydroxyl groups is 1. The van der Waals surface area contributed by atoms with Gasteiger partial charge >= 0.3 is 0 Å². The van der Waals surface area contributed by atoms with Crippen LogP contribution in [0.1, 0.15) is 31.4 Å². The van der Waals surface area contributed by atoms with Crippen LogP contribution in [-0.4, -0.2) is 18.3 Å². The van der Waals surface area contributed by atoms with Crippen molar-refractivity contribution in [3.63, 3.8) is 0 Å². The number of hydrogen-bond acceptors (Lipinski definition) is 3. The van der Waals surface area contributed by atoms with Crippen LogP contribution >= 0.6 is 0 Å². The minimum Gasteiger partial charge on any atom is -0.495 e. The average molecular weight is 234 g/mol. The first-order chi connectivity index (χ1) is 8.31. The minimum absolute atomic E-state index is 0.649. The van der Waals surface area contributed by atoms with E-state index in [1.54, 1.807) is 0 Å². The third-order valence-electron chi connectivity index (χ3n) is 2.74. The molecule has 0 aromatic heterocycles. The van der Waals surface area contributed by atoms with E-state index in [4.69, 9.17) is 9.47 Å². The van der Waals surface area contributed by atoms with Gasteiger partial charge in [0.05, 0.1) is 13.2 Å². The maximum Gasteiger partial charge on any atom is 0.136 e. The van der Waals surface area contributed by atoms with Crippen LogP contribution in [0, 0.1) is 0 Å². The Balaban J connectivity index is 2.08. The van der Waals surface area contributed by atoms with Crippen molar-refractivity contribution in [2.45, 2.75) is 25.9 Å². The fourth-order valence-electron chi connectivity index (χ4n) is 1.84. The molecule has 1 N–H and O–H groups in total. The maximum atomic E-state index is 10.1.